The molecule has 5 nitrogen and oxygen atoms in total. The zero-order valence-corrected chi connectivity index (χ0v) is 13.2. The number of nitrogens with one attached hydrogen (secondary N) is 1. The highest BCUT2D eigenvalue weighted by atomic mass is 79.9. The van der Waals surface area contributed by atoms with Gasteiger partial charge in [0.1, 0.15) is 0 Å². The van der Waals surface area contributed by atoms with Gasteiger partial charge in [-0.15, -0.1) is 0 Å². The molecule has 0 bridgehead atoms. The highest BCUT2D eigenvalue weighted by Gasteiger charge is 2.11. The van der Waals surface area contributed by atoms with Crippen LogP contribution in [-0.4, -0.2) is 32.4 Å². The van der Waals surface area contributed by atoms with Crippen LogP contribution in [0.25, 0.3) is 0 Å². The van der Waals surface area contributed by atoms with Gasteiger partial charge in [-0.05, 0) is 29.4 Å². The number of likely N-dealkylation sites (N-methyl/N-ethyl adjacent to an activating group) is 1. The number of rotatable bonds is 6. The Morgan fingerprint density at radius 3 is 2.84 bits per heavy atom. The Morgan fingerprint density at radius 1 is 1.42 bits per heavy atom. The Labute approximate surface area is 122 Å². The summed E-state index contributed by atoms with van der Waals surface area (Å²) in [4.78, 5) is 4.43. The van der Waals surface area contributed by atoms with E-state index in [0.29, 0.717) is 0 Å². The van der Waals surface area contributed by atoms with Gasteiger partial charge >= 0.3 is 0 Å². The minimum absolute atomic E-state index is 0.784. The van der Waals surface area contributed by atoms with Crippen LogP contribution in [0.3, 0.4) is 0 Å². The maximum atomic E-state index is 4.43. The summed E-state index contributed by atoms with van der Waals surface area (Å²) in [5.41, 5.74) is 3.30. The monoisotopic (exact) mass is 325 g/mol. The normalized spacial score (nSPS) is 11.2. The van der Waals surface area contributed by atoms with Crippen molar-refractivity contribution in [3.63, 3.8) is 0 Å². The summed E-state index contributed by atoms with van der Waals surface area (Å²) in [5.74, 6) is 0. The molecule has 104 valence electrons. The van der Waals surface area contributed by atoms with Crippen LogP contribution in [0.1, 0.15) is 24.0 Å². The van der Waals surface area contributed by atoms with Crippen molar-refractivity contribution in [2.75, 3.05) is 13.1 Å². The van der Waals surface area contributed by atoms with Crippen LogP contribution in [-0.2, 0) is 20.0 Å². The summed E-state index contributed by atoms with van der Waals surface area (Å²) in [5, 5.41) is 7.71. The Balaban J connectivity index is 2.03. The lowest BCUT2D eigenvalue weighted by molar-refractivity contribution is 0.660. The first-order valence-electron chi connectivity index (χ1n) is 6.51. The molecule has 0 aromatic carbocycles. The Bertz CT molecular complexity index is 543. The van der Waals surface area contributed by atoms with Crippen molar-refractivity contribution in [1.82, 2.24) is 24.6 Å². The summed E-state index contributed by atoms with van der Waals surface area (Å²) < 4.78 is 5.10. The van der Waals surface area contributed by atoms with Gasteiger partial charge in [-0.25, -0.2) is 4.98 Å². The van der Waals surface area contributed by atoms with Gasteiger partial charge in [0.25, 0.3) is 0 Å². The lowest BCUT2D eigenvalue weighted by Crippen LogP contribution is -2.16. The van der Waals surface area contributed by atoms with E-state index in [4.69, 9.17) is 0 Å². The molecule has 2 rings (SSSR count). The van der Waals surface area contributed by atoms with Crippen LogP contribution in [0.2, 0.25) is 0 Å². The molecule has 2 aromatic rings. The van der Waals surface area contributed by atoms with E-state index in [2.05, 4.69) is 49.0 Å². The predicted molar refractivity (Wildman–Crippen MR) is 79.2 cm³/mol. The number of hydrogen-bond acceptors (Lipinski definition) is 3. The molecule has 0 amide bonds. The number of nitrogens with zero attached hydrogens (tertiary/aromatic N) is 4. The SMILES string of the molecule is CCNCCc1cn(Cc2c(Br)c(C)nn2C)cn1. The maximum absolute atomic E-state index is 4.43. The van der Waals surface area contributed by atoms with E-state index in [0.717, 1.165) is 47.6 Å². The minimum atomic E-state index is 0.784. The maximum Gasteiger partial charge on any atom is 0.0953 e. The molecule has 0 atom stereocenters. The fourth-order valence-corrected chi connectivity index (χ4v) is 2.50. The first-order valence-corrected chi connectivity index (χ1v) is 7.30. The van der Waals surface area contributed by atoms with Crippen LogP contribution in [0, 0.1) is 6.92 Å². The molecule has 0 aliphatic rings. The molecule has 0 radical (unpaired) electrons. The molecular formula is C13H20BrN5. The van der Waals surface area contributed by atoms with Crippen molar-refractivity contribution in [2.24, 2.45) is 7.05 Å². The van der Waals surface area contributed by atoms with E-state index < -0.39 is 0 Å². The van der Waals surface area contributed by atoms with Gasteiger partial charge in [0.2, 0.25) is 0 Å². The van der Waals surface area contributed by atoms with Crippen molar-refractivity contribution in [2.45, 2.75) is 26.8 Å². The summed E-state index contributed by atoms with van der Waals surface area (Å²) in [6, 6.07) is 0. The fraction of sp³-hybridized carbons (Fsp3) is 0.538. The zero-order valence-electron chi connectivity index (χ0n) is 11.6. The third-order valence-corrected chi connectivity index (χ3v) is 4.12. The molecule has 19 heavy (non-hydrogen) atoms. The number of aromatic nitrogens is 4. The second-order valence-corrected chi connectivity index (χ2v) is 5.40. The van der Waals surface area contributed by atoms with E-state index >= 15 is 0 Å². The standard InChI is InChI=1S/C13H20BrN5/c1-4-15-6-5-11-7-19(9-16-11)8-12-13(14)10(2)17-18(12)3/h7,9,15H,4-6,8H2,1-3H3. The van der Waals surface area contributed by atoms with Crippen LogP contribution >= 0.6 is 15.9 Å². The average molecular weight is 326 g/mol. The molecule has 0 aliphatic carbocycles. The zero-order chi connectivity index (χ0) is 13.8. The summed E-state index contributed by atoms with van der Waals surface area (Å²) in [6.07, 6.45) is 4.95. The van der Waals surface area contributed by atoms with Gasteiger partial charge in [0.05, 0.1) is 34.4 Å². The molecule has 0 unspecified atom stereocenters. The number of hydrogen-bond donors (Lipinski definition) is 1. The second-order valence-electron chi connectivity index (χ2n) is 4.61. The predicted octanol–water partition coefficient (Wildman–Crippen LogP) is 1.89. The molecule has 6 heteroatoms. The van der Waals surface area contributed by atoms with Gasteiger partial charge in [-0.3, -0.25) is 4.68 Å². The smallest absolute Gasteiger partial charge is 0.0953 e. The summed E-state index contributed by atoms with van der Waals surface area (Å²) in [7, 11) is 1.97. The van der Waals surface area contributed by atoms with Crippen LogP contribution in [0.4, 0.5) is 0 Å². The Kier molecular flexibility index (Phi) is 4.76. The van der Waals surface area contributed by atoms with Crippen molar-refractivity contribution < 1.29 is 0 Å². The van der Waals surface area contributed by atoms with Crippen molar-refractivity contribution in [3.8, 4) is 0 Å². The van der Waals surface area contributed by atoms with Gasteiger partial charge < -0.3 is 9.88 Å². The number of imidazole rings is 1. The Hall–Kier alpha value is -1.14. The van der Waals surface area contributed by atoms with Crippen LogP contribution in [0.15, 0.2) is 17.0 Å². The van der Waals surface area contributed by atoms with Crippen LogP contribution in [0.5, 0.6) is 0 Å². The quantitative estimate of drug-likeness (QED) is 0.825. The van der Waals surface area contributed by atoms with Gasteiger partial charge in [-0.2, -0.15) is 5.10 Å². The van der Waals surface area contributed by atoms with E-state index in [1.54, 1.807) is 0 Å². The van der Waals surface area contributed by atoms with Gasteiger partial charge in [-0.1, -0.05) is 6.92 Å². The summed E-state index contributed by atoms with van der Waals surface area (Å²) >= 11 is 3.59. The highest BCUT2D eigenvalue weighted by molar-refractivity contribution is 9.10. The molecule has 0 saturated carbocycles. The van der Waals surface area contributed by atoms with E-state index in [1.165, 1.54) is 0 Å². The van der Waals surface area contributed by atoms with Crippen molar-refractivity contribution in [1.29, 1.82) is 0 Å². The third-order valence-electron chi connectivity index (χ3n) is 3.09. The third kappa shape index (κ3) is 3.45. The summed E-state index contributed by atoms with van der Waals surface area (Å²) in [6.45, 7) is 6.88. The molecule has 2 heterocycles. The van der Waals surface area contributed by atoms with Crippen LogP contribution < -0.4 is 5.32 Å². The lowest BCUT2D eigenvalue weighted by Gasteiger charge is -2.03. The van der Waals surface area contributed by atoms with E-state index in [1.807, 2.05) is 25.0 Å². The van der Waals surface area contributed by atoms with E-state index in [9.17, 15) is 0 Å². The van der Waals surface area contributed by atoms with E-state index in [-0.39, 0.29) is 0 Å². The molecule has 2 aromatic heterocycles. The molecular weight excluding hydrogens is 306 g/mol. The number of aryl methyl sites for hydroxylation is 2. The fourth-order valence-electron chi connectivity index (χ4n) is 2.04. The van der Waals surface area contributed by atoms with Gasteiger partial charge in [0, 0.05) is 26.2 Å². The average Bonchev–Trinajstić information content (AvgIpc) is 2.91. The highest BCUT2D eigenvalue weighted by Crippen LogP contribution is 2.21. The van der Waals surface area contributed by atoms with Crippen molar-refractivity contribution >= 4 is 15.9 Å². The van der Waals surface area contributed by atoms with Crippen molar-refractivity contribution in [3.05, 3.63) is 34.1 Å². The molecule has 0 spiro atoms. The first-order chi connectivity index (χ1) is 9.11. The van der Waals surface area contributed by atoms with Gasteiger partial charge in [0.15, 0.2) is 0 Å². The first kappa shape index (κ1) is 14.3. The largest absolute Gasteiger partial charge is 0.331 e. The molecule has 0 aliphatic heterocycles. The molecule has 1 N–H and O–H groups in total. The topological polar surface area (TPSA) is 47.7 Å². The lowest BCUT2D eigenvalue weighted by atomic mass is 10.3. The molecule has 0 saturated heterocycles. The Morgan fingerprint density at radius 2 is 2.21 bits per heavy atom. The molecule has 0 fully saturated rings. The minimum Gasteiger partial charge on any atom is -0.331 e. The number of halogens is 1. The second kappa shape index (κ2) is 6.34.